The van der Waals surface area contributed by atoms with E-state index < -0.39 is 6.10 Å². The Morgan fingerprint density at radius 2 is 2.25 bits per heavy atom. The minimum atomic E-state index is -0.764. The molecule has 0 saturated heterocycles. The van der Waals surface area contributed by atoms with Crippen LogP contribution in [-0.4, -0.2) is 22.9 Å². The van der Waals surface area contributed by atoms with E-state index in [1.54, 1.807) is 6.92 Å². The van der Waals surface area contributed by atoms with Gasteiger partial charge in [0.25, 0.3) is 0 Å². The van der Waals surface area contributed by atoms with Gasteiger partial charge < -0.3 is 10.2 Å². The van der Waals surface area contributed by atoms with Gasteiger partial charge in [0.2, 0.25) is 0 Å². The molecule has 2 N–H and O–H groups in total. The maximum atomic E-state index is 8.73. The molecule has 0 aromatic rings. The fraction of sp³-hybridized carbons (Fsp3) is 0.667. The predicted octanol–water partition coefficient (Wildman–Crippen LogP) is -0.391. The molecule has 0 radical (unpaired) electrons. The predicted molar refractivity (Wildman–Crippen MR) is 31.1 cm³/mol. The second-order valence-corrected chi connectivity index (χ2v) is 1.71. The lowest BCUT2D eigenvalue weighted by Gasteiger charge is -2.08. The molecule has 2 atom stereocenters. The van der Waals surface area contributed by atoms with Gasteiger partial charge in [0.1, 0.15) is 0 Å². The molecule has 0 fully saturated rings. The molecule has 0 aromatic carbocycles. The molecule has 2 nitrogen and oxygen atoms in total. The van der Waals surface area contributed by atoms with Crippen molar-refractivity contribution in [3.63, 3.8) is 0 Å². The molecule has 0 heterocycles. The van der Waals surface area contributed by atoms with Crippen molar-refractivity contribution < 1.29 is 10.2 Å². The van der Waals surface area contributed by atoms with Crippen LogP contribution in [0, 0.1) is 18.3 Å². The van der Waals surface area contributed by atoms with Crippen molar-refractivity contribution >= 4 is 0 Å². The van der Waals surface area contributed by atoms with Crippen LogP contribution in [0.4, 0.5) is 0 Å². The van der Waals surface area contributed by atoms with E-state index in [2.05, 4.69) is 5.92 Å². The second kappa shape index (κ2) is 3.48. The smallest absolute Gasteiger partial charge is 0.0905 e. The second-order valence-electron chi connectivity index (χ2n) is 1.71. The average Bonchev–Trinajstić information content (AvgIpc) is 1.84. The maximum absolute atomic E-state index is 8.73. The van der Waals surface area contributed by atoms with E-state index in [9.17, 15) is 0 Å². The highest BCUT2D eigenvalue weighted by Crippen LogP contribution is 1.97. The van der Waals surface area contributed by atoms with Gasteiger partial charge in [-0.05, 0) is 6.92 Å². The molecule has 0 aliphatic rings. The first-order valence-electron chi connectivity index (χ1n) is 2.47. The Morgan fingerprint density at radius 1 is 1.75 bits per heavy atom. The lowest BCUT2D eigenvalue weighted by molar-refractivity contribution is 0.0713. The van der Waals surface area contributed by atoms with Crippen LogP contribution in [0.1, 0.15) is 6.92 Å². The summed E-state index contributed by atoms with van der Waals surface area (Å²) in [6.07, 6.45) is 4.16. The van der Waals surface area contributed by atoms with Crippen molar-refractivity contribution in [2.75, 3.05) is 6.61 Å². The molecule has 0 aromatic heterocycles. The highest BCUT2D eigenvalue weighted by atomic mass is 16.3. The molecule has 0 rings (SSSR count). The Kier molecular flexibility index (Phi) is 3.25. The first kappa shape index (κ1) is 7.48. The van der Waals surface area contributed by atoms with Crippen molar-refractivity contribution in [2.45, 2.75) is 13.0 Å². The van der Waals surface area contributed by atoms with E-state index >= 15 is 0 Å². The van der Waals surface area contributed by atoms with E-state index in [0.29, 0.717) is 0 Å². The first-order valence-corrected chi connectivity index (χ1v) is 2.47. The van der Waals surface area contributed by atoms with Crippen LogP contribution >= 0.6 is 0 Å². The Bertz CT molecular complexity index is 93.2. The van der Waals surface area contributed by atoms with E-state index in [0.717, 1.165) is 0 Å². The summed E-state index contributed by atoms with van der Waals surface area (Å²) in [4.78, 5) is 0. The summed E-state index contributed by atoms with van der Waals surface area (Å²) < 4.78 is 0. The molecule has 0 saturated carbocycles. The number of aliphatic hydroxyl groups excluding tert-OH is 2. The average molecular weight is 114 g/mol. The number of terminal acetylenes is 1. The summed E-state index contributed by atoms with van der Waals surface area (Å²) >= 11 is 0. The third-order valence-corrected chi connectivity index (χ3v) is 1.03. The van der Waals surface area contributed by atoms with Crippen LogP contribution in [0.25, 0.3) is 0 Å². The zero-order valence-electron chi connectivity index (χ0n) is 4.83. The molecule has 46 valence electrons. The van der Waals surface area contributed by atoms with Gasteiger partial charge in [-0.1, -0.05) is 0 Å². The molecular formula is C6H10O2. The summed E-state index contributed by atoms with van der Waals surface area (Å²) in [6, 6.07) is 0. The standard InChI is InChI=1S/C6H10O2/c1-3-5(2)6(8)4-7/h1,5-8H,4H2,2H3. The molecule has 0 amide bonds. The van der Waals surface area contributed by atoms with E-state index in [-0.39, 0.29) is 12.5 Å². The number of hydrogen-bond donors (Lipinski definition) is 2. The van der Waals surface area contributed by atoms with Crippen molar-refractivity contribution in [2.24, 2.45) is 5.92 Å². The monoisotopic (exact) mass is 114 g/mol. The molecule has 0 aliphatic heterocycles. The minimum Gasteiger partial charge on any atom is -0.394 e. The normalized spacial score (nSPS) is 16.8. The lowest BCUT2D eigenvalue weighted by Crippen LogP contribution is -2.19. The van der Waals surface area contributed by atoms with E-state index in [1.807, 2.05) is 0 Å². The van der Waals surface area contributed by atoms with Crippen LogP contribution in [0.15, 0.2) is 0 Å². The van der Waals surface area contributed by atoms with E-state index in [1.165, 1.54) is 0 Å². The topological polar surface area (TPSA) is 40.5 Å². The Labute approximate surface area is 49.2 Å². The summed E-state index contributed by atoms with van der Waals surface area (Å²) in [5.41, 5.74) is 0. The number of hydrogen-bond acceptors (Lipinski definition) is 2. The zero-order valence-corrected chi connectivity index (χ0v) is 4.83. The molecule has 0 bridgehead atoms. The summed E-state index contributed by atoms with van der Waals surface area (Å²) in [5, 5.41) is 17.0. The SMILES string of the molecule is C#CC(C)C(O)CO. The highest BCUT2D eigenvalue weighted by molar-refractivity contribution is 4.93. The summed E-state index contributed by atoms with van der Waals surface area (Å²) in [5.74, 6) is 2.06. The quantitative estimate of drug-likeness (QED) is 0.480. The Hall–Kier alpha value is -0.520. The third-order valence-electron chi connectivity index (χ3n) is 1.03. The van der Waals surface area contributed by atoms with Gasteiger partial charge in [0.05, 0.1) is 12.7 Å². The van der Waals surface area contributed by atoms with Crippen LogP contribution in [0.3, 0.4) is 0 Å². The van der Waals surface area contributed by atoms with Crippen LogP contribution in [-0.2, 0) is 0 Å². The van der Waals surface area contributed by atoms with Crippen LogP contribution in [0.2, 0.25) is 0 Å². The Morgan fingerprint density at radius 3 is 2.38 bits per heavy atom. The molecule has 2 heteroatoms. The maximum Gasteiger partial charge on any atom is 0.0905 e. The fourth-order valence-electron chi connectivity index (χ4n) is 0.269. The number of rotatable bonds is 2. The highest BCUT2D eigenvalue weighted by Gasteiger charge is 2.07. The molecule has 2 unspecified atom stereocenters. The van der Waals surface area contributed by atoms with Crippen LogP contribution < -0.4 is 0 Å². The molecule has 0 aliphatic carbocycles. The van der Waals surface area contributed by atoms with Gasteiger partial charge in [-0.25, -0.2) is 0 Å². The fourth-order valence-corrected chi connectivity index (χ4v) is 0.269. The van der Waals surface area contributed by atoms with Gasteiger partial charge in [-0.2, -0.15) is 0 Å². The van der Waals surface area contributed by atoms with Gasteiger partial charge in [0.15, 0.2) is 0 Å². The van der Waals surface area contributed by atoms with Gasteiger partial charge in [-0.15, -0.1) is 12.3 Å². The summed E-state index contributed by atoms with van der Waals surface area (Å²) in [6.45, 7) is 1.42. The Balaban J connectivity index is 3.49. The van der Waals surface area contributed by atoms with Crippen LogP contribution in [0.5, 0.6) is 0 Å². The molecule has 0 spiro atoms. The largest absolute Gasteiger partial charge is 0.394 e. The van der Waals surface area contributed by atoms with Crippen molar-refractivity contribution in [3.05, 3.63) is 0 Å². The van der Waals surface area contributed by atoms with Gasteiger partial charge in [-0.3, -0.25) is 0 Å². The summed E-state index contributed by atoms with van der Waals surface area (Å²) in [7, 11) is 0. The van der Waals surface area contributed by atoms with Gasteiger partial charge >= 0.3 is 0 Å². The van der Waals surface area contributed by atoms with Gasteiger partial charge in [0, 0.05) is 5.92 Å². The first-order chi connectivity index (χ1) is 3.72. The zero-order chi connectivity index (χ0) is 6.57. The molecular weight excluding hydrogens is 104 g/mol. The van der Waals surface area contributed by atoms with Crippen molar-refractivity contribution in [1.29, 1.82) is 0 Å². The van der Waals surface area contributed by atoms with Crippen molar-refractivity contribution in [3.8, 4) is 12.3 Å². The number of aliphatic hydroxyl groups is 2. The minimum absolute atomic E-state index is 0.250. The van der Waals surface area contributed by atoms with Crippen molar-refractivity contribution in [1.82, 2.24) is 0 Å². The molecule has 8 heavy (non-hydrogen) atoms. The third kappa shape index (κ3) is 1.97. The lowest BCUT2D eigenvalue weighted by atomic mass is 10.1. The van der Waals surface area contributed by atoms with E-state index in [4.69, 9.17) is 16.6 Å².